The average Bonchev–Trinajstić information content (AvgIpc) is 3.21. The topological polar surface area (TPSA) is 102 Å². The number of nitrogens with one attached hydrogen (secondary N) is 3. The Hall–Kier alpha value is -1.76. The highest BCUT2D eigenvalue weighted by Crippen LogP contribution is 2.39. The van der Waals surface area contributed by atoms with Gasteiger partial charge in [0.2, 0.25) is 5.89 Å². The summed E-state index contributed by atoms with van der Waals surface area (Å²) in [5, 5.41) is 24.7. The summed E-state index contributed by atoms with van der Waals surface area (Å²) in [5.41, 5.74) is 0.548. The first-order chi connectivity index (χ1) is 13.1. The van der Waals surface area contributed by atoms with E-state index in [2.05, 4.69) is 20.4 Å². The summed E-state index contributed by atoms with van der Waals surface area (Å²) in [6.45, 7) is 3.54. The molecule has 2 unspecified atom stereocenters. The van der Waals surface area contributed by atoms with Crippen molar-refractivity contribution in [2.45, 2.75) is 88.6 Å². The summed E-state index contributed by atoms with van der Waals surface area (Å²) < 4.78 is 5.52. The van der Waals surface area contributed by atoms with E-state index in [-0.39, 0.29) is 5.92 Å². The van der Waals surface area contributed by atoms with Gasteiger partial charge < -0.3 is 20.1 Å². The van der Waals surface area contributed by atoms with Gasteiger partial charge in [-0.2, -0.15) is 4.98 Å². The van der Waals surface area contributed by atoms with E-state index in [0.717, 1.165) is 38.2 Å². The van der Waals surface area contributed by atoms with E-state index >= 15 is 0 Å². The maximum Gasteiger partial charge on any atom is 0.237 e. The minimum atomic E-state index is -0.295. The predicted octanol–water partition coefficient (Wildman–Crippen LogP) is 3.43. The zero-order valence-electron chi connectivity index (χ0n) is 16.3. The van der Waals surface area contributed by atoms with E-state index in [9.17, 15) is 0 Å². The number of nitrogens with zero attached hydrogens (tertiary/aromatic N) is 3. The van der Waals surface area contributed by atoms with Crippen molar-refractivity contribution in [2.24, 2.45) is 0 Å². The van der Waals surface area contributed by atoms with E-state index in [1.165, 1.54) is 32.1 Å². The molecule has 3 fully saturated rings. The van der Waals surface area contributed by atoms with Crippen molar-refractivity contribution >= 4 is 11.5 Å². The lowest BCUT2D eigenvalue weighted by Crippen LogP contribution is -2.42. The third-order valence-corrected chi connectivity index (χ3v) is 6.14. The van der Waals surface area contributed by atoms with Gasteiger partial charge >= 0.3 is 0 Å². The maximum atomic E-state index is 8.79. The molecule has 2 atom stereocenters. The minimum Gasteiger partial charge on any atom is -0.358 e. The maximum absolute atomic E-state index is 8.79. The van der Waals surface area contributed by atoms with Gasteiger partial charge in [-0.15, -0.1) is 0 Å². The third kappa shape index (κ3) is 4.57. The molecule has 27 heavy (non-hydrogen) atoms. The Kier molecular flexibility index (Phi) is 5.57. The molecular formula is C20H32N6O. The van der Waals surface area contributed by atoms with Crippen LogP contribution in [0.4, 0.5) is 0 Å². The van der Waals surface area contributed by atoms with Crippen molar-refractivity contribution in [3.8, 4) is 0 Å². The molecule has 4 rings (SSSR count). The molecule has 1 aliphatic heterocycles. The second-order valence-electron chi connectivity index (χ2n) is 8.62. The molecule has 7 nitrogen and oxygen atoms in total. The fourth-order valence-corrected chi connectivity index (χ4v) is 4.44. The van der Waals surface area contributed by atoms with Crippen molar-refractivity contribution in [3.05, 3.63) is 11.7 Å². The minimum absolute atomic E-state index is 0.295. The highest BCUT2D eigenvalue weighted by atomic mass is 16.5. The van der Waals surface area contributed by atoms with Crippen molar-refractivity contribution in [2.75, 3.05) is 13.1 Å². The third-order valence-electron chi connectivity index (χ3n) is 6.14. The summed E-state index contributed by atoms with van der Waals surface area (Å²) in [6, 6.07) is 1.11. The molecule has 1 saturated heterocycles. The molecule has 0 spiro atoms. The van der Waals surface area contributed by atoms with Crippen LogP contribution in [0.5, 0.6) is 0 Å². The van der Waals surface area contributed by atoms with Gasteiger partial charge in [0.25, 0.3) is 0 Å². The van der Waals surface area contributed by atoms with Crippen LogP contribution < -0.4 is 5.32 Å². The van der Waals surface area contributed by atoms with Gasteiger partial charge in [0.15, 0.2) is 5.82 Å². The first-order valence-corrected chi connectivity index (χ1v) is 10.6. The summed E-state index contributed by atoms with van der Waals surface area (Å²) >= 11 is 0. The standard InChI is InChI=1S/C20H32N6O/c1-13(21)11-17(20-24-19(25-27-20)14-7-8-14)18(22)26-10-9-16(12-26)23-15-5-3-2-4-6-15/h14-17,21-23H,2-12H2,1H3. The monoisotopic (exact) mass is 372 g/mol. The van der Waals surface area contributed by atoms with Crippen molar-refractivity contribution in [1.29, 1.82) is 10.8 Å². The Balaban J connectivity index is 1.39. The lowest BCUT2D eigenvalue weighted by molar-refractivity contribution is 0.333. The Labute approximate surface area is 161 Å². The van der Waals surface area contributed by atoms with Crippen LogP contribution in [0.1, 0.15) is 88.3 Å². The van der Waals surface area contributed by atoms with Gasteiger partial charge in [-0.1, -0.05) is 24.4 Å². The zero-order chi connectivity index (χ0) is 18.8. The average molecular weight is 373 g/mol. The molecule has 1 aromatic heterocycles. The molecule has 2 heterocycles. The molecule has 3 N–H and O–H groups in total. The van der Waals surface area contributed by atoms with Crippen LogP contribution in [0.15, 0.2) is 4.52 Å². The first-order valence-electron chi connectivity index (χ1n) is 10.6. The Morgan fingerprint density at radius 1 is 1.15 bits per heavy atom. The molecule has 2 aliphatic carbocycles. The molecule has 0 radical (unpaired) electrons. The number of hydrogen-bond donors (Lipinski definition) is 3. The molecule has 2 saturated carbocycles. The van der Waals surface area contributed by atoms with Crippen LogP contribution >= 0.6 is 0 Å². The summed E-state index contributed by atoms with van der Waals surface area (Å²) in [7, 11) is 0. The molecule has 7 heteroatoms. The van der Waals surface area contributed by atoms with Crippen molar-refractivity contribution in [1.82, 2.24) is 20.4 Å². The van der Waals surface area contributed by atoms with Crippen molar-refractivity contribution < 1.29 is 4.52 Å². The first kappa shape index (κ1) is 18.6. The van der Waals surface area contributed by atoms with Gasteiger partial charge in [-0.3, -0.25) is 5.41 Å². The molecule has 148 valence electrons. The highest BCUT2D eigenvalue weighted by molar-refractivity contribution is 5.91. The van der Waals surface area contributed by atoms with Gasteiger partial charge in [-0.25, -0.2) is 0 Å². The van der Waals surface area contributed by atoms with Gasteiger partial charge in [-0.05, 0) is 39.0 Å². The van der Waals surface area contributed by atoms with E-state index < -0.39 is 0 Å². The van der Waals surface area contributed by atoms with Crippen molar-refractivity contribution in [3.63, 3.8) is 0 Å². The van der Waals surface area contributed by atoms with Crippen LogP contribution in [0.3, 0.4) is 0 Å². The number of rotatable bonds is 7. The second-order valence-corrected chi connectivity index (χ2v) is 8.62. The smallest absolute Gasteiger partial charge is 0.237 e. The summed E-state index contributed by atoms with van der Waals surface area (Å²) in [5.74, 6) is 1.96. The summed E-state index contributed by atoms with van der Waals surface area (Å²) in [6.07, 6.45) is 10.4. The molecule has 0 amide bonds. The lowest BCUT2D eigenvalue weighted by Gasteiger charge is -2.28. The number of hydrogen-bond acceptors (Lipinski definition) is 6. The van der Waals surface area contributed by atoms with E-state index in [0.29, 0.717) is 41.9 Å². The Bertz CT molecular complexity index is 676. The second kappa shape index (κ2) is 8.09. The van der Waals surface area contributed by atoms with Crippen LogP contribution in [-0.4, -0.2) is 51.8 Å². The molecule has 1 aromatic rings. The van der Waals surface area contributed by atoms with Gasteiger partial charge in [0.05, 0.1) is 0 Å². The Morgan fingerprint density at radius 3 is 2.63 bits per heavy atom. The van der Waals surface area contributed by atoms with E-state index in [1.54, 1.807) is 6.92 Å². The fraction of sp³-hybridized carbons (Fsp3) is 0.800. The van der Waals surface area contributed by atoms with Gasteiger partial charge in [0.1, 0.15) is 11.8 Å². The van der Waals surface area contributed by atoms with Crippen LogP contribution in [0, 0.1) is 10.8 Å². The fourth-order valence-electron chi connectivity index (χ4n) is 4.44. The van der Waals surface area contributed by atoms with Crippen LogP contribution in [0.2, 0.25) is 0 Å². The SMILES string of the molecule is CC(=N)CC(C(=N)N1CCC(NC2CCCCC2)C1)c1nc(C2CC2)no1. The van der Waals surface area contributed by atoms with E-state index in [1.807, 2.05) is 0 Å². The predicted molar refractivity (Wildman–Crippen MR) is 105 cm³/mol. The zero-order valence-corrected chi connectivity index (χ0v) is 16.3. The number of likely N-dealkylation sites (tertiary alicyclic amines) is 1. The number of amidine groups is 1. The van der Waals surface area contributed by atoms with Gasteiger partial charge in [0, 0.05) is 43.2 Å². The quantitative estimate of drug-likeness (QED) is 0.503. The number of aromatic nitrogens is 2. The molecule has 0 bridgehead atoms. The molecular weight excluding hydrogens is 340 g/mol. The molecule has 0 aromatic carbocycles. The van der Waals surface area contributed by atoms with E-state index in [4.69, 9.17) is 15.3 Å². The Morgan fingerprint density at radius 2 is 1.93 bits per heavy atom. The summed E-state index contributed by atoms with van der Waals surface area (Å²) in [4.78, 5) is 6.72. The van der Waals surface area contributed by atoms with Crippen LogP contribution in [-0.2, 0) is 0 Å². The lowest BCUT2D eigenvalue weighted by atomic mass is 9.95. The largest absolute Gasteiger partial charge is 0.358 e. The van der Waals surface area contributed by atoms with Crippen LogP contribution in [0.25, 0.3) is 0 Å². The molecule has 3 aliphatic rings. The highest BCUT2D eigenvalue weighted by Gasteiger charge is 2.35. The normalized spacial score (nSPS) is 24.9.